The number of benzene rings is 1. The van der Waals surface area contributed by atoms with E-state index in [0.717, 1.165) is 19.4 Å². The third-order valence-electron chi connectivity index (χ3n) is 3.69. The second kappa shape index (κ2) is 8.10. The van der Waals surface area contributed by atoms with Crippen LogP contribution in [0.25, 0.3) is 0 Å². The molecule has 6 heteroatoms. The molecule has 1 amide bonds. The molecule has 1 heterocycles. The van der Waals surface area contributed by atoms with Crippen molar-refractivity contribution in [2.24, 2.45) is 0 Å². The van der Waals surface area contributed by atoms with Crippen molar-refractivity contribution < 1.29 is 14.3 Å². The van der Waals surface area contributed by atoms with Crippen molar-refractivity contribution in [3.63, 3.8) is 0 Å². The van der Waals surface area contributed by atoms with E-state index in [1.807, 2.05) is 0 Å². The van der Waals surface area contributed by atoms with Crippen LogP contribution in [0.4, 0.5) is 0 Å². The lowest BCUT2D eigenvalue weighted by atomic mass is 9.99. The molecule has 1 aliphatic heterocycles. The molecule has 0 aliphatic carbocycles. The summed E-state index contributed by atoms with van der Waals surface area (Å²) in [5.74, 6) is 1.14. The zero-order valence-electron chi connectivity index (χ0n) is 12.6. The average molecular weight is 315 g/mol. The number of halogens is 1. The summed E-state index contributed by atoms with van der Waals surface area (Å²) in [7, 11) is 3.15. The first-order chi connectivity index (χ1) is 9.63. The van der Waals surface area contributed by atoms with E-state index in [4.69, 9.17) is 9.47 Å². The molecule has 118 valence electrons. The molecule has 0 saturated carbocycles. The first-order valence-electron chi connectivity index (χ1n) is 6.91. The summed E-state index contributed by atoms with van der Waals surface area (Å²) in [5.41, 5.74) is 0.555. The lowest BCUT2D eigenvalue weighted by Gasteiger charge is -2.30. The number of carbonyl (C=O) groups excluding carboxylic acids is 1. The molecule has 0 bridgehead atoms. The second-order valence-corrected chi connectivity index (χ2v) is 5.07. The molecule has 2 atom stereocenters. The van der Waals surface area contributed by atoms with Crippen LogP contribution in [0.3, 0.4) is 0 Å². The van der Waals surface area contributed by atoms with Gasteiger partial charge in [0.2, 0.25) is 0 Å². The zero-order valence-corrected chi connectivity index (χ0v) is 13.5. The Morgan fingerprint density at radius 3 is 2.38 bits per heavy atom. The largest absolute Gasteiger partial charge is 0.497 e. The fourth-order valence-corrected chi connectivity index (χ4v) is 2.43. The van der Waals surface area contributed by atoms with E-state index >= 15 is 0 Å². The van der Waals surface area contributed by atoms with Gasteiger partial charge >= 0.3 is 0 Å². The van der Waals surface area contributed by atoms with Crippen molar-refractivity contribution in [2.75, 3.05) is 20.8 Å². The molecule has 2 N–H and O–H groups in total. The maximum atomic E-state index is 12.3. The van der Waals surface area contributed by atoms with E-state index < -0.39 is 0 Å². The molecule has 1 fully saturated rings. The summed E-state index contributed by atoms with van der Waals surface area (Å²) in [4.78, 5) is 12.3. The molecular weight excluding hydrogens is 292 g/mol. The highest BCUT2D eigenvalue weighted by Gasteiger charge is 2.23. The molecule has 1 saturated heterocycles. The van der Waals surface area contributed by atoms with Crippen LogP contribution in [0.1, 0.15) is 30.1 Å². The lowest BCUT2D eigenvalue weighted by molar-refractivity contribution is 0.0919. The topological polar surface area (TPSA) is 59.6 Å². The van der Waals surface area contributed by atoms with Crippen LogP contribution in [0, 0.1) is 0 Å². The number of rotatable bonds is 4. The predicted octanol–water partition coefficient (Wildman–Crippen LogP) is 2.00. The Morgan fingerprint density at radius 1 is 1.24 bits per heavy atom. The summed E-state index contributed by atoms with van der Waals surface area (Å²) < 4.78 is 10.4. The van der Waals surface area contributed by atoms with Crippen molar-refractivity contribution in [1.29, 1.82) is 0 Å². The van der Waals surface area contributed by atoms with Crippen LogP contribution in [0.5, 0.6) is 11.5 Å². The highest BCUT2D eigenvalue weighted by atomic mass is 35.5. The van der Waals surface area contributed by atoms with E-state index in [1.165, 1.54) is 0 Å². The first-order valence-corrected chi connectivity index (χ1v) is 6.91. The van der Waals surface area contributed by atoms with E-state index in [9.17, 15) is 4.79 Å². The summed E-state index contributed by atoms with van der Waals surface area (Å²) >= 11 is 0. The number of nitrogens with one attached hydrogen (secondary N) is 2. The summed E-state index contributed by atoms with van der Waals surface area (Å²) in [5, 5.41) is 6.44. The SMILES string of the molecule is COc1cc(OC)cc(C(=O)NC2CCCNC2C)c1.Cl. The number of ether oxygens (including phenoxy) is 2. The molecule has 5 nitrogen and oxygen atoms in total. The molecule has 1 aromatic rings. The second-order valence-electron chi connectivity index (χ2n) is 5.07. The van der Waals surface area contributed by atoms with Crippen LogP contribution >= 0.6 is 12.4 Å². The monoisotopic (exact) mass is 314 g/mol. The van der Waals surface area contributed by atoms with Gasteiger partial charge in [0.15, 0.2) is 0 Å². The van der Waals surface area contributed by atoms with Gasteiger partial charge in [-0.2, -0.15) is 0 Å². The van der Waals surface area contributed by atoms with Gasteiger partial charge in [-0.1, -0.05) is 0 Å². The van der Waals surface area contributed by atoms with Crippen LogP contribution in [-0.2, 0) is 0 Å². The molecule has 0 radical (unpaired) electrons. The maximum absolute atomic E-state index is 12.3. The Labute approximate surface area is 131 Å². The van der Waals surface area contributed by atoms with E-state index in [0.29, 0.717) is 23.1 Å². The Balaban J connectivity index is 0.00000220. The lowest BCUT2D eigenvalue weighted by Crippen LogP contribution is -2.51. The minimum absolute atomic E-state index is 0. The smallest absolute Gasteiger partial charge is 0.251 e. The third kappa shape index (κ3) is 4.51. The fourth-order valence-electron chi connectivity index (χ4n) is 2.43. The van der Waals surface area contributed by atoms with Crippen LogP contribution < -0.4 is 20.1 Å². The van der Waals surface area contributed by atoms with E-state index in [2.05, 4.69) is 17.6 Å². The standard InChI is InChI=1S/C15H22N2O3.ClH/c1-10-14(5-4-6-16-10)17-15(18)11-7-12(19-2)9-13(8-11)20-3;/h7-10,14,16H,4-6H2,1-3H3,(H,17,18);1H. The van der Waals surface area contributed by atoms with Gasteiger partial charge in [-0.3, -0.25) is 4.79 Å². The highest BCUT2D eigenvalue weighted by Crippen LogP contribution is 2.22. The fraction of sp³-hybridized carbons (Fsp3) is 0.533. The van der Waals surface area contributed by atoms with Gasteiger partial charge in [0.05, 0.1) is 14.2 Å². The normalized spacial score (nSPS) is 21.1. The van der Waals surface area contributed by atoms with Crippen molar-refractivity contribution >= 4 is 18.3 Å². The average Bonchev–Trinajstić information content (AvgIpc) is 2.48. The molecule has 2 rings (SSSR count). The number of amides is 1. The quantitative estimate of drug-likeness (QED) is 0.892. The van der Waals surface area contributed by atoms with Gasteiger partial charge in [-0.05, 0) is 38.4 Å². The van der Waals surface area contributed by atoms with Gasteiger partial charge in [-0.25, -0.2) is 0 Å². The zero-order chi connectivity index (χ0) is 14.5. The van der Waals surface area contributed by atoms with Gasteiger partial charge in [-0.15, -0.1) is 12.4 Å². The van der Waals surface area contributed by atoms with Gasteiger partial charge < -0.3 is 20.1 Å². The number of methoxy groups -OCH3 is 2. The van der Waals surface area contributed by atoms with E-state index in [-0.39, 0.29) is 24.4 Å². The first kappa shape index (κ1) is 17.6. The number of piperidine rings is 1. The molecular formula is C15H23ClN2O3. The van der Waals surface area contributed by atoms with Gasteiger partial charge in [0.25, 0.3) is 5.91 Å². The predicted molar refractivity (Wildman–Crippen MR) is 84.7 cm³/mol. The number of carbonyl (C=O) groups is 1. The van der Waals surface area contributed by atoms with Crippen molar-refractivity contribution in [3.05, 3.63) is 23.8 Å². The Bertz CT molecular complexity index is 460. The Kier molecular flexibility index (Phi) is 6.78. The summed E-state index contributed by atoms with van der Waals surface area (Å²) in [6.07, 6.45) is 2.08. The Morgan fingerprint density at radius 2 is 1.86 bits per heavy atom. The number of hydrogen-bond donors (Lipinski definition) is 2. The minimum Gasteiger partial charge on any atom is -0.497 e. The van der Waals surface area contributed by atoms with Crippen molar-refractivity contribution in [2.45, 2.75) is 31.8 Å². The summed E-state index contributed by atoms with van der Waals surface area (Å²) in [6, 6.07) is 5.65. The maximum Gasteiger partial charge on any atom is 0.251 e. The Hall–Kier alpha value is -1.46. The molecule has 21 heavy (non-hydrogen) atoms. The molecule has 1 aromatic carbocycles. The minimum atomic E-state index is -0.0947. The summed E-state index contributed by atoms with van der Waals surface area (Å²) in [6.45, 7) is 3.11. The van der Waals surface area contributed by atoms with Gasteiger partial charge in [0, 0.05) is 23.7 Å². The number of hydrogen-bond acceptors (Lipinski definition) is 4. The highest BCUT2D eigenvalue weighted by molar-refractivity contribution is 5.95. The molecule has 1 aliphatic rings. The van der Waals surface area contributed by atoms with Gasteiger partial charge in [0.1, 0.15) is 11.5 Å². The van der Waals surface area contributed by atoms with Crippen LogP contribution in [0.15, 0.2) is 18.2 Å². The van der Waals surface area contributed by atoms with Crippen molar-refractivity contribution in [1.82, 2.24) is 10.6 Å². The van der Waals surface area contributed by atoms with Crippen molar-refractivity contribution in [3.8, 4) is 11.5 Å². The van der Waals surface area contributed by atoms with Crippen LogP contribution in [0.2, 0.25) is 0 Å². The molecule has 0 spiro atoms. The molecule has 2 unspecified atom stereocenters. The third-order valence-corrected chi connectivity index (χ3v) is 3.69. The van der Waals surface area contributed by atoms with E-state index in [1.54, 1.807) is 32.4 Å². The molecule has 0 aromatic heterocycles. The van der Waals surface area contributed by atoms with Crippen LogP contribution in [-0.4, -0.2) is 38.8 Å².